The number of methoxy groups -OCH3 is 1. The maximum Gasteiger partial charge on any atom is 0.263 e. The van der Waals surface area contributed by atoms with Crippen molar-refractivity contribution in [2.45, 2.75) is 30.4 Å². The number of fused-ring (bicyclic) bond motifs is 1. The van der Waals surface area contributed by atoms with Gasteiger partial charge in [-0.25, -0.2) is 22.4 Å². The number of anilines is 1. The molecule has 0 unspecified atom stereocenters. The van der Waals surface area contributed by atoms with Gasteiger partial charge in [0.05, 0.1) is 46.0 Å². The van der Waals surface area contributed by atoms with E-state index in [1.54, 1.807) is 42.3 Å². The zero-order chi connectivity index (χ0) is 34.2. The van der Waals surface area contributed by atoms with E-state index in [1.807, 2.05) is 24.3 Å². The summed E-state index contributed by atoms with van der Waals surface area (Å²) in [6, 6.07) is 23.1. The van der Waals surface area contributed by atoms with Crippen LogP contribution in [0, 0.1) is 5.82 Å². The van der Waals surface area contributed by atoms with Gasteiger partial charge in [0.25, 0.3) is 11.5 Å². The van der Waals surface area contributed by atoms with Gasteiger partial charge in [0.2, 0.25) is 5.95 Å². The van der Waals surface area contributed by atoms with Crippen molar-refractivity contribution >= 4 is 44.9 Å². The van der Waals surface area contributed by atoms with Crippen LogP contribution in [0.25, 0.3) is 5.69 Å². The van der Waals surface area contributed by atoms with Gasteiger partial charge >= 0.3 is 0 Å². The molecule has 9 nitrogen and oxygen atoms in total. The topological polar surface area (TPSA) is 111 Å². The van der Waals surface area contributed by atoms with Crippen LogP contribution in [-0.2, 0) is 29.3 Å². The lowest BCUT2D eigenvalue weighted by Gasteiger charge is -2.37. The van der Waals surface area contributed by atoms with Gasteiger partial charge in [-0.15, -0.1) is 0 Å². The van der Waals surface area contributed by atoms with Crippen molar-refractivity contribution in [3.63, 3.8) is 0 Å². The minimum atomic E-state index is -3.48. The first-order valence-corrected chi connectivity index (χ1v) is 17.4. The molecule has 1 N–H and O–H groups in total. The molecule has 1 aromatic heterocycles. The number of hydrogen-bond donors (Lipinski definition) is 1. The molecule has 1 aliphatic rings. The van der Waals surface area contributed by atoms with E-state index >= 15 is 0 Å². The third-order valence-electron chi connectivity index (χ3n) is 8.17. The molecule has 6 rings (SSSR count). The second kappa shape index (κ2) is 13.4. The van der Waals surface area contributed by atoms with E-state index in [4.69, 9.17) is 32.9 Å². The van der Waals surface area contributed by atoms with Gasteiger partial charge in [0, 0.05) is 30.3 Å². The van der Waals surface area contributed by atoms with Gasteiger partial charge in [-0.05, 0) is 77.9 Å². The first-order valence-electron chi connectivity index (χ1n) is 14.8. The summed E-state index contributed by atoms with van der Waals surface area (Å²) in [4.78, 5) is 35.0. The summed E-state index contributed by atoms with van der Waals surface area (Å²) in [6.45, 7) is 0.261. The van der Waals surface area contributed by atoms with Crippen LogP contribution in [0.3, 0.4) is 0 Å². The third-order valence-corrected chi connectivity index (χ3v) is 10.0. The molecule has 0 bridgehead atoms. The Bertz CT molecular complexity index is 2180. The average molecular weight is 708 g/mol. The number of hydrogen-bond acceptors (Lipinski definition) is 7. The summed E-state index contributed by atoms with van der Waals surface area (Å²) < 4.78 is 44.9. The summed E-state index contributed by atoms with van der Waals surface area (Å²) in [5.41, 5.74) is 2.55. The summed E-state index contributed by atoms with van der Waals surface area (Å²) >= 11 is 12.4. The Morgan fingerprint density at radius 2 is 1.67 bits per heavy atom. The van der Waals surface area contributed by atoms with E-state index in [0.29, 0.717) is 39.8 Å². The van der Waals surface area contributed by atoms with E-state index in [-0.39, 0.29) is 40.3 Å². The fourth-order valence-corrected chi connectivity index (χ4v) is 6.56. The van der Waals surface area contributed by atoms with Crippen LogP contribution >= 0.6 is 23.2 Å². The first kappa shape index (κ1) is 33.2. The first-order chi connectivity index (χ1) is 22.9. The molecule has 0 saturated heterocycles. The fourth-order valence-electron chi connectivity index (χ4n) is 5.63. The molecule has 0 spiro atoms. The Morgan fingerprint density at radius 3 is 2.29 bits per heavy atom. The Balaban J connectivity index is 1.47. The average Bonchev–Trinajstić information content (AvgIpc) is 3.08. The molecule has 246 valence electrons. The molecule has 13 heteroatoms. The number of amides is 1. The number of carbonyl (C=O) groups excluding carboxylic acids is 1. The zero-order valence-electron chi connectivity index (χ0n) is 25.8. The molecule has 1 amide bonds. The highest BCUT2D eigenvalue weighted by molar-refractivity contribution is 7.90. The molecule has 1 atom stereocenters. The summed E-state index contributed by atoms with van der Waals surface area (Å²) in [5, 5.41) is 3.77. The van der Waals surface area contributed by atoms with Crippen molar-refractivity contribution in [1.82, 2.24) is 14.5 Å². The molecule has 0 fully saturated rings. The van der Waals surface area contributed by atoms with Gasteiger partial charge in [-0.2, -0.15) is 0 Å². The predicted molar refractivity (Wildman–Crippen MR) is 182 cm³/mol. The standard InChI is InChI=1S/C35H29Cl2FN4O5S/c1-47-26-12-3-21(4-13-26)19-39-35-40-31-20-41(33(43)23-7-16-29(36)30(37)17-23)32(22-5-8-24(38)9-6-22)18-28(31)34(44)42(35)25-10-14-27(15-11-25)48(2,45)46/h3-17,32H,18-20H2,1-2H3,(H,39,40)/t32-/m1/s1. The van der Waals surface area contributed by atoms with Crippen LogP contribution in [0.1, 0.15) is 38.8 Å². The second-order valence-corrected chi connectivity index (χ2v) is 14.1. The molecular weight excluding hydrogens is 678 g/mol. The summed E-state index contributed by atoms with van der Waals surface area (Å²) in [6.07, 6.45) is 1.19. The second-order valence-electron chi connectivity index (χ2n) is 11.3. The number of halogens is 3. The van der Waals surface area contributed by atoms with Crippen molar-refractivity contribution in [2.24, 2.45) is 0 Å². The molecule has 0 saturated carbocycles. The molecule has 0 radical (unpaired) electrons. The van der Waals surface area contributed by atoms with Crippen LogP contribution in [-0.4, -0.2) is 42.1 Å². The molecular formula is C35H29Cl2FN4O5S. The van der Waals surface area contributed by atoms with E-state index in [0.717, 1.165) is 11.8 Å². The lowest BCUT2D eigenvalue weighted by molar-refractivity contribution is 0.0632. The lowest BCUT2D eigenvalue weighted by Crippen LogP contribution is -2.43. The van der Waals surface area contributed by atoms with Crippen molar-refractivity contribution in [1.29, 1.82) is 0 Å². The number of benzene rings is 4. The minimum absolute atomic E-state index is 0.0310. The SMILES string of the molecule is COc1ccc(CNc2nc3c(c(=O)n2-c2ccc(S(C)(=O)=O)cc2)C[C@H](c2ccc(F)cc2)N(C(=O)c2ccc(Cl)c(Cl)c2)C3)cc1. The number of aromatic nitrogens is 2. The monoisotopic (exact) mass is 706 g/mol. The molecule has 1 aliphatic heterocycles. The highest BCUT2D eigenvalue weighted by Crippen LogP contribution is 2.35. The van der Waals surface area contributed by atoms with Crippen molar-refractivity contribution in [2.75, 3.05) is 18.7 Å². The molecule has 48 heavy (non-hydrogen) atoms. The summed E-state index contributed by atoms with van der Waals surface area (Å²) in [5.74, 6) is 0.0786. The van der Waals surface area contributed by atoms with Gasteiger partial charge in [0.15, 0.2) is 9.84 Å². The largest absolute Gasteiger partial charge is 0.497 e. The van der Waals surface area contributed by atoms with E-state index in [2.05, 4.69) is 5.32 Å². The van der Waals surface area contributed by atoms with E-state index < -0.39 is 27.3 Å². The zero-order valence-corrected chi connectivity index (χ0v) is 28.1. The van der Waals surface area contributed by atoms with Gasteiger partial charge < -0.3 is 15.0 Å². The van der Waals surface area contributed by atoms with Crippen LogP contribution in [0.4, 0.5) is 10.3 Å². The van der Waals surface area contributed by atoms with Crippen LogP contribution < -0.4 is 15.6 Å². The molecule has 0 aliphatic carbocycles. The maximum absolute atomic E-state index is 14.4. The van der Waals surface area contributed by atoms with Crippen LogP contribution in [0.2, 0.25) is 10.0 Å². The predicted octanol–water partition coefficient (Wildman–Crippen LogP) is 6.64. The van der Waals surface area contributed by atoms with Gasteiger partial charge in [-0.1, -0.05) is 47.5 Å². The molecule has 5 aromatic rings. The minimum Gasteiger partial charge on any atom is -0.497 e. The smallest absolute Gasteiger partial charge is 0.263 e. The summed E-state index contributed by atoms with van der Waals surface area (Å²) in [7, 11) is -1.90. The van der Waals surface area contributed by atoms with Crippen molar-refractivity contribution in [3.8, 4) is 11.4 Å². The maximum atomic E-state index is 14.4. The number of sulfone groups is 1. The third kappa shape index (κ3) is 6.80. The van der Waals surface area contributed by atoms with Crippen molar-refractivity contribution in [3.05, 3.63) is 145 Å². The quantitative estimate of drug-likeness (QED) is 0.193. The fraction of sp³-hybridized carbons (Fsp3) is 0.171. The number of ether oxygens (including phenoxy) is 1. The number of nitrogens with zero attached hydrogens (tertiary/aromatic N) is 3. The van der Waals surface area contributed by atoms with E-state index in [9.17, 15) is 22.4 Å². The van der Waals surface area contributed by atoms with Crippen LogP contribution in [0.15, 0.2) is 101 Å². The number of carbonyl (C=O) groups is 1. The lowest BCUT2D eigenvalue weighted by atomic mass is 9.92. The normalized spacial score (nSPS) is 14.4. The Labute approximate surface area is 286 Å². The van der Waals surface area contributed by atoms with E-state index in [1.165, 1.54) is 41.0 Å². The Kier molecular flexibility index (Phi) is 9.28. The Hall–Kier alpha value is -4.71. The number of nitrogens with one attached hydrogen (secondary N) is 1. The van der Waals surface area contributed by atoms with Gasteiger partial charge in [0.1, 0.15) is 11.6 Å². The van der Waals surface area contributed by atoms with Crippen LogP contribution in [0.5, 0.6) is 5.75 Å². The molecule has 2 heterocycles. The van der Waals surface area contributed by atoms with Gasteiger partial charge in [-0.3, -0.25) is 9.59 Å². The van der Waals surface area contributed by atoms with Crippen molar-refractivity contribution < 1.29 is 22.3 Å². The highest BCUT2D eigenvalue weighted by Gasteiger charge is 2.35. The molecule has 4 aromatic carbocycles. The Morgan fingerprint density at radius 1 is 0.979 bits per heavy atom. The number of rotatable bonds is 8. The highest BCUT2D eigenvalue weighted by atomic mass is 35.5.